The van der Waals surface area contributed by atoms with Gasteiger partial charge in [0.1, 0.15) is 5.76 Å². The van der Waals surface area contributed by atoms with Crippen molar-refractivity contribution in [1.29, 1.82) is 0 Å². The SMILES string of the molecule is Cc1cc(CSc2nccn2C2CC2)no1. The fourth-order valence-corrected chi connectivity index (χ4v) is 2.57. The second-order valence-electron chi connectivity index (χ2n) is 4.07. The maximum Gasteiger partial charge on any atom is 0.168 e. The summed E-state index contributed by atoms with van der Waals surface area (Å²) < 4.78 is 7.30. The van der Waals surface area contributed by atoms with Gasteiger partial charge in [-0.05, 0) is 19.8 Å². The summed E-state index contributed by atoms with van der Waals surface area (Å²) in [6, 6.07) is 2.65. The van der Waals surface area contributed by atoms with Crippen molar-refractivity contribution in [2.45, 2.75) is 36.7 Å². The third-order valence-corrected chi connectivity index (χ3v) is 3.61. The smallest absolute Gasteiger partial charge is 0.168 e. The summed E-state index contributed by atoms with van der Waals surface area (Å²) in [6.45, 7) is 1.91. The Labute approximate surface area is 98.0 Å². The van der Waals surface area contributed by atoms with Crippen molar-refractivity contribution < 1.29 is 4.52 Å². The van der Waals surface area contributed by atoms with E-state index < -0.39 is 0 Å². The average Bonchev–Trinajstić information content (AvgIpc) is 2.86. The van der Waals surface area contributed by atoms with Gasteiger partial charge in [0.25, 0.3) is 0 Å². The molecule has 2 heterocycles. The first-order valence-corrected chi connectivity index (χ1v) is 6.39. The van der Waals surface area contributed by atoms with Crippen LogP contribution in [0.3, 0.4) is 0 Å². The first-order valence-electron chi connectivity index (χ1n) is 5.41. The van der Waals surface area contributed by atoms with Crippen molar-refractivity contribution in [1.82, 2.24) is 14.7 Å². The Bertz CT molecular complexity index is 487. The zero-order valence-corrected chi connectivity index (χ0v) is 9.91. The molecule has 0 aliphatic heterocycles. The Morgan fingerprint density at radius 3 is 3.12 bits per heavy atom. The van der Waals surface area contributed by atoms with E-state index in [-0.39, 0.29) is 0 Å². The average molecular weight is 235 g/mol. The standard InChI is InChI=1S/C11H13N3OS/c1-8-6-9(13-15-8)7-16-11-12-4-5-14(11)10-2-3-10/h4-6,10H,2-3,7H2,1H3. The largest absolute Gasteiger partial charge is 0.361 e. The van der Waals surface area contributed by atoms with Gasteiger partial charge in [0.15, 0.2) is 5.16 Å². The topological polar surface area (TPSA) is 43.9 Å². The number of nitrogens with zero attached hydrogens (tertiary/aromatic N) is 3. The number of rotatable bonds is 4. The molecule has 0 atom stereocenters. The zero-order chi connectivity index (χ0) is 11.0. The number of imidazole rings is 1. The van der Waals surface area contributed by atoms with Gasteiger partial charge < -0.3 is 9.09 Å². The van der Waals surface area contributed by atoms with Gasteiger partial charge in [0, 0.05) is 30.3 Å². The van der Waals surface area contributed by atoms with Crippen LogP contribution in [0, 0.1) is 6.92 Å². The summed E-state index contributed by atoms with van der Waals surface area (Å²) in [7, 11) is 0. The fraction of sp³-hybridized carbons (Fsp3) is 0.455. The van der Waals surface area contributed by atoms with Crippen LogP contribution in [-0.4, -0.2) is 14.7 Å². The minimum atomic E-state index is 0.684. The third kappa shape index (κ3) is 2.00. The Hall–Kier alpha value is -1.23. The highest BCUT2D eigenvalue weighted by Gasteiger charge is 2.25. The summed E-state index contributed by atoms with van der Waals surface area (Å²) in [6.07, 6.45) is 6.50. The van der Waals surface area contributed by atoms with E-state index in [1.807, 2.05) is 19.2 Å². The van der Waals surface area contributed by atoms with Crippen molar-refractivity contribution in [3.8, 4) is 0 Å². The Morgan fingerprint density at radius 1 is 1.56 bits per heavy atom. The first-order chi connectivity index (χ1) is 7.83. The minimum absolute atomic E-state index is 0.684. The molecule has 1 saturated carbocycles. The highest BCUT2D eigenvalue weighted by atomic mass is 32.2. The number of hydrogen-bond acceptors (Lipinski definition) is 4. The molecular weight excluding hydrogens is 222 g/mol. The molecule has 0 bridgehead atoms. The molecule has 0 N–H and O–H groups in total. The lowest BCUT2D eigenvalue weighted by molar-refractivity contribution is 0.393. The monoisotopic (exact) mass is 235 g/mol. The van der Waals surface area contributed by atoms with Crippen LogP contribution in [0.5, 0.6) is 0 Å². The molecule has 1 aliphatic carbocycles. The quantitative estimate of drug-likeness (QED) is 0.764. The van der Waals surface area contributed by atoms with E-state index >= 15 is 0 Å². The lowest BCUT2D eigenvalue weighted by Gasteiger charge is -2.03. The Kier molecular flexibility index (Phi) is 2.47. The van der Waals surface area contributed by atoms with Crippen molar-refractivity contribution >= 4 is 11.8 Å². The molecule has 1 fully saturated rings. The normalized spacial score (nSPS) is 15.6. The van der Waals surface area contributed by atoms with Crippen molar-refractivity contribution in [3.63, 3.8) is 0 Å². The highest BCUT2D eigenvalue weighted by molar-refractivity contribution is 7.98. The van der Waals surface area contributed by atoms with Crippen LogP contribution in [0.15, 0.2) is 28.1 Å². The van der Waals surface area contributed by atoms with Crippen LogP contribution >= 0.6 is 11.8 Å². The molecule has 4 nitrogen and oxygen atoms in total. The van der Waals surface area contributed by atoms with E-state index in [0.29, 0.717) is 6.04 Å². The number of aromatic nitrogens is 3. The fourth-order valence-electron chi connectivity index (χ4n) is 1.67. The molecule has 0 radical (unpaired) electrons. The van der Waals surface area contributed by atoms with Gasteiger partial charge in [-0.3, -0.25) is 0 Å². The summed E-state index contributed by atoms with van der Waals surface area (Å²) in [5, 5.41) is 5.06. The van der Waals surface area contributed by atoms with E-state index in [2.05, 4.69) is 20.9 Å². The van der Waals surface area contributed by atoms with E-state index in [9.17, 15) is 0 Å². The molecule has 5 heteroatoms. The van der Waals surface area contributed by atoms with E-state index in [4.69, 9.17) is 4.52 Å². The Morgan fingerprint density at radius 2 is 2.44 bits per heavy atom. The molecule has 0 aromatic carbocycles. The molecule has 16 heavy (non-hydrogen) atoms. The zero-order valence-electron chi connectivity index (χ0n) is 9.09. The third-order valence-electron chi connectivity index (χ3n) is 2.60. The number of aryl methyl sites for hydroxylation is 1. The van der Waals surface area contributed by atoms with Gasteiger partial charge in [0.2, 0.25) is 0 Å². The first kappa shape index (κ1) is 9.96. The van der Waals surface area contributed by atoms with Gasteiger partial charge in [-0.2, -0.15) is 0 Å². The van der Waals surface area contributed by atoms with Gasteiger partial charge >= 0.3 is 0 Å². The van der Waals surface area contributed by atoms with E-state index in [1.54, 1.807) is 11.8 Å². The minimum Gasteiger partial charge on any atom is -0.361 e. The maximum atomic E-state index is 5.03. The summed E-state index contributed by atoms with van der Waals surface area (Å²) in [4.78, 5) is 4.37. The molecule has 3 rings (SSSR count). The van der Waals surface area contributed by atoms with Gasteiger partial charge in [-0.15, -0.1) is 0 Å². The lowest BCUT2D eigenvalue weighted by Crippen LogP contribution is -1.94. The molecule has 0 saturated heterocycles. The van der Waals surface area contributed by atoms with Crippen LogP contribution < -0.4 is 0 Å². The maximum absolute atomic E-state index is 5.03. The second kappa shape index (κ2) is 3.97. The van der Waals surface area contributed by atoms with Crippen LogP contribution in [0.25, 0.3) is 0 Å². The van der Waals surface area contributed by atoms with Gasteiger partial charge in [0.05, 0.1) is 5.69 Å². The van der Waals surface area contributed by atoms with Gasteiger partial charge in [-0.25, -0.2) is 4.98 Å². The summed E-state index contributed by atoms with van der Waals surface area (Å²) in [5.41, 5.74) is 0.979. The molecular formula is C11H13N3OS. The molecule has 0 amide bonds. The predicted molar refractivity (Wildman–Crippen MR) is 61.3 cm³/mol. The van der Waals surface area contributed by atoms with Crippen LogP contribution in [0.4, 0.5) is 0 Å². The van der Waals surface area contributed by atoms with Crippen molar-refractivity contribution in [2.75, 3.05) is 0 Å². The number of thioether (sulfide) groups is 1. The van der Waals surface area contributed by atoms with Crippen LogP contribution in [0.2, 0.25) is 0 Å². The van der Waals surface area contributed by atoms with Gasteiger partial charge in [-0.1, -0.05) is 16.9 Å². The second-order valence-corrected chi connectivity index (χ2v) is 5.01. The molecule has 84 valence electrons. The van der Waals surface area contributed by atoms with E-state index in [0.717, 1.165) is 22.4 Å². The number of hydrogen-bond donors (Lipinski definition) is 0. The summed E-state index contributed by atoms with van der Waals surface area (Å²) >= 11 is 1.72. The molecule has 0 unspecified atom stereocenters. The highest BCUT2D eigenvalue weighted by Crippen LogP contribution is 2.38. The predicted octanol–water partition coefficient (Wildman–Crippen LogP) is 2.81. The summed E-state index contributed by atoms with van der Waals surface area (Å²) in [5.74, 6) is 1.68. The Balaban J connectivity index is 1.67. The van der Waals surface area contributed by atoms with Crippen LogP contribution in [0.1, 0.15) is 30.3 Å². The molecule has 2 aromatic rings. The van der Waals surface area contributed by atoms with E-state index in [1.165, 1.54) is 12.8 Å². The van der Waals surface area contributed by atoms with Crippen molar-refractivity contribution in [3.05, 3.63) is 29.9 Å². The lowest BCUT2D eigenvalue weighted by atomic mass is 10.4. The van der Waals surface area contributed by atoms with Crippen LogP contribution in [-0.2, 0) is 5.75 Å². The molecule has 1 aliphatic rings. The molecule has 2 aromatic heterocycles. The molecule has 0 spiro atoms. The van der Waals surface area contributed by atoms with Crippen molar-refractivity contribution in [2.24, 2.45) is 0 Å².